The number of carbonyl (C=O) groups excluding carboxylic acids is 1. The molecule has 0 radical (unpaired) electrons. The summed E-state index contributed by atoms with van der Waals surface area (Å²) in [7, 11) is 0. The highest BCUT2D eigenvalue weighted by Crippen LogP contribution is 2.30. The molecule has 1 aliphatic rings. The van der Waals surface area contributed by atoms with Crippen LogP contribution in [0.2, 0.25) is 0 Å². The van der Waals surface area contributed by atoms with Gasteiger partial charge in [0.25, 0.3) is 0 Å². The van der Waals surface area contributed by atoms with Gasteiger partial charge in [0.2, 0.25) is 5.91 Å². The number of alkyl halides is 3. The van der Waals surface area contributed by atoms with Crippen molar-refractivity contribution in [2.24, 2.45) is 0 Å². The molecule has 0 saturated heterocycles. The molecule has 7 heteroatoms. The highest BCUT2D eigenvalue weighted by atomic mass is 19.4. The lowest BCUT2D eigenvalue weighted by Gasteiger charge is -2.17. The number of aromatic nitrogens is 1. The van der Waals surface area contributed by atoms with E-state index in [0.717, 1.165) is 54.0 Å². The van der Waals surface area contributed by atoms with Crippen molar-refractivity contribution in [3.63, 3.8) is 0 Å². The van der Waals surface area contributed by atoms with Crippen molar-refractivity contribution in [3.05, 3.63) is 65.0 Å². The zero-order valence-corrected chi connectivity index (χ0v) is 14.9. The van der Waals surface area contributed by atoms with Crippen molar-refractivity contribution < 1.29 is 18.0 Å². The van der Waals surface area contributed by atoms with Gasteiger partial charge in [-0.2, -0.15) is 13.2 Å². The minimum absolute atomic E-state index is 0.0725. The van der Waals surface area contributed by atoms with E-state index in [1.807, 2.05) is 6.92 Å². The number of pyridine rings is 1. The number of anilines is 1. The Kier molecular flexibility index (Phi) is 5.60. The maximum Gasteiger partial charge on any atom is 0.416 e. The molecule has 1 aromatic carbocycles. The van der Waals surface area contributed by atoms with Crippen LogP contribution in [-0.2, 0) is 17.4 Å². The maximum absolute atomic E-state index is 12.8. The molecule has 2 heterocycles. The third-order valence-electron chi connectivity index (χ3n) is 4.51. The Balaban J connectivity index is 1.74. The van der Waals surface area contributed by atoms with Crippen molar-refractivity contribution in [2.45, 2.75) is 25.9 Å². The lowest BCUT2D eigenvalue weighted by atomic mass is 9.97. The van der Waals surface area contributed by atoms with Crippen LogP contribution in [-0.4, -0.2) is 24.0 Å². The molecule has 27 heavy (non-hydrogen) atoms. The zero-order chi connectivity index (χ0) is 19.4. The number of amides is 1. The van der Waals surface area contributed by atoms with Gasteiger partial charge in [-0.3, -0.25) is 9.78 Å². The minimum atomic E-state index is -4.44. The summed E-state index contributed by atoms with van der Waals surface area (Å²) in [6.07, 6.45) is 0.250. The van der Waals surface area contributed by atoms with E-state index in [0.29, 0.717) is 0 Å². The van der Waals surface area contributed by atoms with E-state index in [1.54, 1.807) is 12.3 Å². The van der Waals surface area contributed by atoms with Crippen molar-refractivity contribution in [1.29, 1.82) is 0 Å². The molecule has 2 N–H and O–H groups in total. The van der Waals surface area contributed by atoms with Gasteiger partial charge in [-0.25, -0.2) is 0 Å². The molecule has 2 aromatic rings. The van der Waals surface area contributed by atoms with Gasteiger partial charge in [0, 0.05) is 18.4 Å². The fourth-order valence-corrected chi connectivity index (χ4v) is 3.08. The number of hydrogen-bond acceptors (Lipinski definition) is 3. The molecule has 142 valence electrons. The van der Waals surface area contributed by atoms with Crippen LogP contribution in [0.1, 0.15) is 28.8 Å². The highest BCUT2D eigenvalue weighted by Gasteiger charge is 2.30. The van der Waals surface area contributed by atoms with Crippen LogP contribution in [0.3, 0.4) is 0 Å². The Hall–Kier alpha value is -2.67. The predicted molar refractivity (Wildman–Crippen MR) is 98.2 cm³/mol. The first-order chi connectivity index (χ1) is 12.8. The second-order valence-electron chi connectivity index (χ2n) is 6.43. The van der Waals surface area contributed by atoms with Gasteiger partial charge in [0.05, 0.1) is 17.7 Å². The predicted octanol–water partition coefficient (Wildman–Crippen LogP) is 3.97. The Morgan fingerprint density at radius 3 is 2.81 bits per heavy atom. The quantitative estimate of drug-likeness (QED) is 0.850. The molecule has 0 atom stereocenters. The molecular weight excluding hydrogens is 355 g/mol. The Morgan fingerprint density at radius 1 is 1.30 bits per heavy atom. The molecule has 1 aliphatic heterocycles. The van der Waals surface area contributed by atoms with Gasteiger partial charge in [0.1, 0.15) is 0 Å². The lowest BCUT2D eigenvalue weighted by Crippen LogP contribution is -2.21. The standard InChI is InChI=1S/C20H20F3N3O/c1-13-15(7-10-25-19(13)14-5-8-24-9-6-14)11-18(27)26-17-4-2-3-16(12-17)20(21,22)23/h2-5,7,10,12,24H,6,8-9,11H2,1H3,(H,26,27). The maximum atomic E-state index is 12.8. The average molecular weight is 375 g/mol. The second-order valence-corrected chi connectivity index (χ2v) is 6.43. The third kappa shape index (κ3) is 4.74. The van der Waals surface area contributed by atoms with Crippen LogP contribution in [0, 0.1) is 6.92 Å². The molecule has 1 aromatic heterocycles. The summed E-state index contributed by atoms with van der Waals surface area (Å²) in [5, 5.41) is 5.79. The molecule has 4 nitrogen and oxygen atoms in total. The first-order valence-electron chi connectivity index (χ1n) is 8.66. The fraction of sp³-hybridized carbons (Fsp3) is 0.300. The number of nitrogens with zero attached hydrogens (tertiary/aromatic N) is 1. The molecule has 0 aliphatic carbocycles. The molecule has 1 amide bonds. The Labute approximate surface area is 155 Å². The average Bonchev–Trinajstić information content (AvgIpc) is 2.64. The molecule has 0 spiro atoms. The topological polar surface area (TPSA) is 54.0 Å². The van der Waals surface area contributed by atoms with E-state index in [4.69, 9.17) is 0 Å². The van der Waals surface area contributed by atoms with Gasteiger partial charge in [-0.15, -0.1) is 0 Å². The van der Waals surface area contributed by atoms with E-state index in [2.05, 4.69) is 21.7 Å². The van der Waals surface area contributed by atoms with Crippen molar-refractivity contribution in [1.82, 2.24) is 10.3 Å². The molecule has 0 saturated carbocycles. The summed E-state index contributed by atoms with van der Waals surface area (Å²) in [6.45, 7) is 3.59. The van der Waals surface area contributed by atoms with Gasteiger partial charge < -0.3 is 10.6 Å². The van der Waals surface area contributed by atoms with Crippen LogP contribution in [0.5, 0.6) is 0 Å². The van der Waals surface area contributed by atoms with Crippen LogP contribution in [0.25, 0.3) is 5.57 Å². The monoisotopic (exact) mass is 375 g/mol. The van der Waals surface area contributed by atoms with Gasteiger partial charge >= 0.3 is 6.18 Å². The largest absolute Gasteiger partial charge is 0.416 e. The van der Waals surface area contributed by atoms with E-state index in [-0.39, 0.29) is 18.0 Å². The number of carbonyl (C=O) groups is 1. The van der Waals surface area contributed by atoms with Crippen LogP contribution < -0.4 is 10.6 Å². The van der Waals surface area contributed by atoms with Gasteiger partial charge in [-0.05, 0) is 60.9 Å². The molecule has 3 rings (SSSR count). The van der Waals surface area contributed by atoms with Crippen molar-refractivity contribution in [3.8, 4) is 0 Å². The van der Waals surface area contributed by atoms with Crippen molar-refractivity contribution in [2.75, 3.05) is 18.4 Å². The van der Waals surface area contributed by atoms with Crippen LogP contribution in [0.4, 0.5) is 18.9 Å². The number of halogens is 3. The molecular formula is C20H20F3N3O. The number of rotatable bonds is 4. The zero-order valence-electron chi connectivity index (χ0n) is 14.9. The summed E-state index contributed by atoms with van der Waals surface area (Å²) in [5.74, 6) is -0.367. The summed E-state index contributed by atoms with van der Waals surface area (Å²) in [5.41, 5.74) is 3.09. The highest BCUT2D eigenvalue weighted by molar-refractivity contribution is 5.92. The summed E-state index contributed by atoms with van der Waals surface area (Å²) in [4.78, 5) is 16.8. The third-order valence-corrected chi connectivity index (χ3v) is 4.51. The van der Waals surface area contributed by atoms with Crippen LogP contribution >= 0.6 is 0 Å². The minimum Gasteiger partial charge on any atom is -0.326 e. The van der Waals surface area contributed by atoms with E-state index >= 15 is 0 Å². The van der Waals surface area contributed by atoms with E-state index < -0.39 is 11.7 Å². The molecule has 0 unspecified atom stereocenters. The number of hydrogen-bond donors (Lipinski definition) is 2. The van der Waals surface area contributed by atoms with Gasteiger partial charge in [0.15, 0.2) is 0 Å². The Morgan fingerprint density at radius 2 is 2.11 bits per heavy atom. The lowest BCUT2D eigenvalue weighted by molar-refractivity contribution is -0.137. The van der Waals surface area contributed by atoms with E-state index in [1.165, 1.54) is 12.1 Å². The molecule has 0 bridgehead atoms. The normalized spacial score (nSPS) is 14.6. The summed E-state index contributed by atoms with van der Waals surface area (Å²) < 4.78 is 38.4. The molecule has 0 fully saturated rings. The van der Waals surface area contributed by atoms with Gasteiger partial charge in [-0.1, -0.05) is 12.1 Å². The first-order valence-corrected chi connectivity index (χ1v) is 8.66. The number of benzene rings is 1. The van der Waals surface area contributed by atoms with Crippen molar-refractivity contribution >= 4 is 17.2 Å². The summed E-state index contributed by atoms with van der Waals surface area (Å²) in [6, 6.07) is 6.39. The van der Waals surface area contributed by atoms with E-state index in [9.17, 15) is 18.0 Å². The summed E-state index contributed by atoms with van der Waals surface area (Å²) >= 11 is 0. The smallest absolute Gasteiger partial charge is 0.326 e. The Bertz CT molecular complexity index is 875. The fourth-order valence-electron chi connectivity index (χ4n) is 3.08. The number of nitrogens with one attached hydrogen (secondary N) is 2. The second kappa shape index (κ2) is 7.92. The first kappa shape index (κ1) is 19.1. The van der Waals surface area contributed by atoms with Crippen LogP contribution in [0.15, 0.2) is 42.6 Å². The SMILES string of the molecule is Cc1c(CC(=O)Nc2cccc(C(F)(F)F)c2)ccnc1C1=CCNCC1.